The zero-order valence-corrected chi connectivity index (χ0v) is 13.5. The number of rotatable bonds is 3. The summed E-state index contributed by atoms with van der Waals surface area (Å²) < 4.78 is 0. The molecule has 116 valence electrons. The molecule has 0 amide bonds. The molecule has 3 atom stereocenters. The van der Waals surface area contributed by atoms with Crippen LogP contribution in [0.2, 0.25) is 0 Å². The number of hydrogen-bond acceptors (Lipinski definition) is 3. The third kappa shape index (κ3) is 3.85. The summed E-state index contributed by atoms with van der Waals surface area (Å²) in [7, 11) is 2.26. The van der Waals surface area contributed by atoms with E-state index in [1.54, 1.807) is 0 Å². The Morgan fingerprint density at radius 1 is 1.19 bits per heavy atom. The summed E-state index contributed by atoms with van der Waals surface area (Å²) in [5.74, 6) is 0. The molecule has 0 aromatic heterocycles. The minimum Gasteiger partial charge on any atom is -0.311 e. The molecular weight excluding hydrogens is 258 g/mol. The van der Waals surface area contributed by atoms with Crippen molar-refractivity contribution in [2.75, 3.05) is 33.2 Å². The number of nitrogens with zero attached hydrogens (tertiary/aromatic N) is 2. The Morgan fingerprint density at radius 2 is 2.00 bits per heavy atom. The fourth-order valence-electron chi connectivity index (χ4n) is 3.91. The standard InChI is InChI=1S/C18H29N3/c1-15-12-19-17(11-16-7-4-3-5-8-16)13-21(15)18-9-6-10-20(2)14-18/h3-5,7-8,15,17-19H,6,9-14H2,1-2H3. The Labute approximate surface area is 129 Å². The molecule has 2 aliphatic rings. The highest BCUT2D eigenvalue weighted by molar-refractivity contribution is 5.16. The van der Waals surface area contributed by atoms with Gasteiger partial charge in [-0.2, -0.15) is 0 Å². The van der Waals surface area contributed by atoms with Crippen LogP contribution in [0, 0.1) is 0 Å². The number of piperazine rings is 1. The van der Waals surface area contributed by atoms with Gasteiger partial charge in [0.05, 0.1) is 0 Å². The van der Waals surface area contributed by atoms with Gasteiger partial charge in [0, 0.05) is 37.8 Å². The molecule has 2 aliphatic heterocycles. The van der Waals surface area contributed by atoms with Gasteiger partial charge in [-0.15, -0.1) is 0 Å². The smallest absolute Gasteiger partial charge is 0.0236 e. The molecule has 0 bridgehead atoms. The second-order valence-electron chi connectivity index (χ2n) is 6.90. The van der Waals surface area contributed by atoms with Crippen molar-refractivity contribution in [2.24, 2.45) is 0 Å². The van der Waals surface area contributed by atoms with Crippen molar-refractivity contribution in [1.82, 2.24) is 15.1 Å². The van der Waals surface area contributed by atoms with Gasteiger partial charge in [0.2, 0.25) is 0 Å². The lowest BCUT2D eigenvalue weighted by molar-refractivity contribution is 0.0489. The zero-order valence-electron chi connectivity index (χ0n) is 13.5. The molecule has 3 heteroatoms. The van der Waals surface area contributed by atoms with Gasteiger partial charge in [-0.3, -0.25) is 4.90 Å². The van der Waals surface area contributed by atoms with Crippen LogP contribution >= 0.6 is 0 Å². The number of piperidine rings is 1. The number of benzene rings is 1. The van der Waals surface area contributed by atoms with Gasteiger partial charge in [0.1, 0.15) is 0 Å². The average molecular weight is 287 g/mol. The lowest BCUT2D eigenvalue weighted by atomic mass is 9.97. The van der Waals surface area contributed by atoms with E-state index < -0.39 is 0 Å². The summed E-state index contributed by atoms with van der Waals surface area (Å²) >= 11 is 0. The van der Waals surface area contributed by atoms with Crippen molar-refractivity contribution in [3.8, 4) is 0 Å². The zero-order chi connectivity index (χ0) is 14.7. The van der Waals surface area contributed by atoms with Crippen LogP contribution in [0.25, 0.3) is 0 Å². The minimum atomic E-state index is 0.593. The topological polar surface area (TPSA) is 18.5 Å². The van der Waals surface area contributed by atoms with E-state index in [2.05, 4.69) is 59.4 Å². The maximum Gasteiger partial charge on any atom is 0.0236 e. The van der Waals surface area contributed by atoms with Gasteiger partial charge in [-0.05, 0) is 45.3 Å². The summed E-state index contributed by atoms with van der Waals surface area (Å²) in [4.78, 5) is 5.26. The summed E-state index contributed by atoms with van der Waals surface area (Å²) in [5.41, 5.74) is 1.45. The van der Waals surface area contributed by atoms with Gasteiger partial charge in [0.15, 0.2) is 0 Å². The molecule has 0 saturated carbocycles. The van der Waals surface area contributed by atoms with Gasteiger partial charge >= 0.3 is 0 Å². The Balaban J connectivity index is 1.61. The summed E-state index contributed by atoms with van der Waals surface area (Å²) in [6, 6.07) is 12.9. The lowest BCUT2D eigenvalue weighted by Gasteiger charge is -2.46. The molecule has 0 aliphatic carbocycles. The van der Waals surface area contributed by atoms with E-state index >= 15 is 0 Å². The molecule has 3 unspecified atom stereocenters. The van der Waals surface area contributed by atoms with E-state index in [0.717, 1.165) is 19.0 Å². The SMILES string of the molecule is CC1CNC(Cc2ccccc2)CN1C1CCCN(C)C1. The first kappa shape index (κ1) is 15.0. The molecule has 2 heterocycles. The van der Waals surface area contributed by atoms with Crippen LogP contribution in [0.3, 0.4) is 0 Å². The van der Waals surface area contributed by atoms with Crippen LogP contribution in [0.5, 0.6) is 0 Å². The van der Waals surface area contributed by atoms with E-state index in [-0.39, 0.29) is 0 Å². The number of nitrogens with one attached hydrogen (secondary N) is 1. The maximum atomic E-state index is 3.74. The first-order valence-corrected chi connectivity index (χ1v) is 8.44. The molecular formula is C18H29N3. The average Bonchev–Trinajstić information content (AvgIpc) is 2.50. The third-order valence-electron chi connectivity index (χ3n) is 5.09. The van der Waals surface area contributed by atoms with E-state index in [1.807, 2.05) is 0 Å². The normalized spacial score (nSPS) is 32.2. The highest BCUT2D eigenvalue weighted by atomic mass is 15.3. The fraction of sp³-hybridized carbons (Fsp3) is 0.667. The summed E-state index contributed by atoms with van der Waals surface area (Å²) in [6.07, 6.45) is 3.86. The van der Waals surface area contributed by atoms with Crippen LogP contribution in [0.15, 0.2) is 30.3 Å². The van der Waals surface area contributed by atoms with Crippen molar-refractivity contribution >= 4 is 0 Å². The molecule has 3 nitrogen and oxygen atoms in total. The van der Waals surface area contributed by atoms with E-state index in [9.17, 15) is 0 Å². The number of likely N-dealkylation sites (N-methyl/N-ethyl adjacent to an activating group) is 1. The third-order valence-corrected chi connectivity index (χ3v) is 5.09. The molecule has 0 spiro atoms. The Kier molecular flexibility index (Phi) is 4.94. The monoisotopic (exact) mass is 287 g/mol. The molecule has 2 fully saturated rings. The Bertz CT molecular complexity index is 433. The molecule has 3 rings (SSSR count). The van der Waals surface area contributed by atoms with Crippen molar-refractivity contribution in [2.45, 2.75) is 44.3 Å². The van der Waals surface area contributed by atoms with Crippen molar-refractivity contribution in [3.05, 3.63) is 35.9 Å². The molecule has 0 radical (unpaired) electrons. The highest BCUT2D eigenvalue weighted by Gasteiger charge is 2.32. The fourth-order valence-corrected chi connectivity index (χ4v) is 3.91. The predicted octanol–water partition coefficient (Wildman–Crippen LogP) is 1.99. The van der Waals surface area contributed by atoms with Crippen molar-refractivity contribution < 1.29 is 0 Å². The first-order valence-electron chi connectivity index (χ1n) is 8.44. The number of hydrogen-bond donors (Lipinski definition) is 1. The van der Waals surface area contributed by atoms with Crippen molar-refractivity contribution in [1.29, 1.82) is 0 Å². The van der Waals surface area contributed by atoms with Gasteiger partial charge in [-0.25, -0.2) is 0 Å². The number of likely N-dealkylation sites (tertiary alicyclic amines) is 1. The summed E-state index contributed by atoms with van der Waals surface area (Å²) in [6.45, 7) is 7.19. The lowest BCUT2D eigenvalue weighted by Crippen LogP contribution is -2.61. The molecule has 21 heavy (non-hydrogen) atoms. The predicted molar refractivity (Wildman–Crippen MR) is 88.6 cm³/mol. The first-order chi connectivity index (χ1) is 10.2. The Hall–Kier alpha value is -0.900. The summed E-state index contributed by atoms with van der Waals surface area (Å²) in [5, 5.41) is 3.74. The minimum absolute atomic E-state index is 0.593. The highest BCUT2D eigenvalue weighted by Crippen LogP contribution is 2.20. The molecule has 1 N–H and O–H groups in total. The molecule has 1 aromatic rings. The van der Waals surface area contributed by atoms with Crippen LogP contribution in [-0.2, 0) is 6.42 Å². The second-order valence-corrected chi connectivity index (χ2v) is 6.90. The Morgan fingerprint density at radius 3 is 2.76 bits per heavy atom. The van der Waals surface area contributed by atoms with Crippen LogP contribution in [-0.4, -0.2) is 61.2 Å². The van der Waals surface area contributed by atoms with E-state index in [4.69, 9.17) is 0 Å². The second kappa shape index (κ2) is 6.91. The van der Waals surface area contributed by atoms with Gasteiger partial charge in [0.25, 0.3) is 0 Å². The van der Waals surface area contributed by atoms with Crippen LogP contribution in [0.1, 0.15) is 25.3 Å². The molecule has 1 aromatic carbocycles. The van der Waals surface area contributed by atoms with E-state index in [0.29, 0.717) is 12.1 Å². The van der Waals surface area contributed by atoms with Crippen LogP contribution < -0.4 is 5.32 Å². The van der Waals surface area contributed by atoms with Crippen LogP contribution in [0.4, 0.5) is 0 Å². The van der Waals surface area contributed by atoms with Gasteiger partial charge < -0.3 is 10.2 Å². The van der Waals surface area contributed by atoms with Gasteiger partial charge in [-0.1, -0.05) is 30.3 Å². The largest absolute Gasteiger partial charge is 0.311 e. The van der Waals surface area contributed by atoms with E-state index in [1.165, 1.54) is 38.0 Å². The van der Waals surface area contributed by atoms with Crippen molar-refractivity contribution in [3.63, 3.8) is 0 Å². The quantitative estimate of drug-likeness (QED) is 0.917. The molecule has 2 saturated heterocycles. The maximum absolute atomic E-state index is 3.74.